The standard InChI is InChI=1S/C20H39NO7S/c1-3-5-7-9-11-13-15-21(16-14-12-10-8-6-4-2)20(19(24)25,17-18(22)23)29(26,27)28/h3-17H2,1-2H3,(H,22,23)(H,24,25)(H,26,27,28). The normalized spacial score (nSPS) is 14.1. The first kappa shape index (κ1) is 27.8. The summed E-state index contributed by atoms with van der Waals surface area (Å²) in [5.74, 6) is -3.43. The second-order valence-corrected chi connectivity index (χ2v) is 9.28. The molecule has 0 aliphatic carbocycles. The Morgan fingerprint density at radius 3 is 1.45 bits per heavy atom. The Kier molecular flexibility index (Phi) is 14.1. The van der Waals surface area contributed by atoms with E-state index >= 15 is 0 Å². The summed E-state index contributed by atoms with van der Waals surface area (Å²) in [4.78, 5) is 21.5. The molecule has 0 saturated carbocycles. The van der Waals surface area contributed by atoms with Crippen LogP contribution in [0.5, 0.6) is 0 Å². The second kappa shape index (κ2) is 14.7. The minimum atomic E-state index is -5.18. The molecule has 29 heavy (non-hydrogen) atoms. The minimum Gasteiger partial charge on any atom is -0.481 e. The molecule has 3 N–H and O–H groups in total. The first-order valence-corrected chi connectivity index (χ1v) is 12.2. The van der Waals surface area contributed by atoms with Gasteiger partial charge in [0.15, 0.2) is 0 Å². The molecule has 1 atom stereocenters. The highest BCUT2D eigenvalue weighted by atomic mass is 32.2. The van der Waals surface area contributed by atoms with E-state index in [0.29, 0.717) is 12.8 Å². The number of carbonyl (C=O) groups is 2. The van der Waals surface area contributed by atoms with Gasteiger partial charge in [0, 0.05) is 13.1 Å². The molecule has 1 unspecified atom stereocenters. The van der Waals surface area contributed by atoms with Crippen LogP contribution in [0.2, 0.25) is 0 Å². The van der Waals surface area contributed by atoms with E-state index in [-0.39, 0.29) is 13.1 Å². The van der Waals surface area contributed by atoms with E-state index in [1.54, 1.807) is 0 Å². The van der Waals surface area contributed by atoms with Crippen LogP contribution in [0.4, 0.5) is 0 Å². The summed E-state index contributed by atoms with van der Waals surface area (Å²) >= 11 is 0. The topological polar surface area (TPSA) is 132 Å². The molecule has 0 bridgehead atoms. The van der Waals surface area contributed by atoms with Crippen molar-refractivity contribution in [2.75, 3.05) is 13.1 Å². The Morgan fingerprint density at radius 1 is 0.759 bits per heavy atom. The molecule has 0 aliphatic rings. The van der Waals surface area contributed by atoms with E-state index in [4.69, 9.17) is 0 Å². The van der Waals surface area contributed by atoms with Gasteiger partial charge in [-0.25, -0.2) is 4.79 Å². The van der Waals surface area contributed by atoms with Crippen LogP contribution in [0, 0.1) is 0 Å². The van der Waals surface area contributed by atoms with Gasteiger partial charge < -0.3 is 10.2 Å². The molecule has 0 aromatic rings. The lowest BCUT2D eigenvalue weighted by molar-refractivity contribution is -0.153. The monoisotopic (exact) mass is 437 g/mol. The van der Waals surface area contributed by atoms with Gasteiger partial charge in [0.25, 0.3) is 15.0 Å². The van der Waals surface area contributed by atoms with Crippen molar-refractivity contribution in [3.05, 3.63) is 0 Å². The zero-order valence-electron chi connectivity index (χ0n) is 17.9. The maximum Gasteiger partial charge on any atom is 0.343 e. The lowest BCUT2D eigenvalue weighted by atomic mass is 10.1. The van der Waals surface area contributed by atoms with Crippen LogP contribution in [0.25, 0.3) is 0 Å². The minimum absolute atomic E-state index is 0.112. The van der Waals surface area contributed by atoms with Crippen molar-refractivity contribution in [2.24, 2.45) is 0 Å². The Labute approximate surface area is 175 Å². The summed E-state index contributed by atoms with van der Waals surface area (Å²) in [5, 5.41) is 18.9. The summed E-state index contributed by atoms with van der Waals surface area (Å²) in [7, 11) is -5.18. The first-order chi connectivity index (χ1) is 13.6. The molecule has 172 valence electrons. The van der Waals surface area contributed by atoms with Crippen molar-refractivity contribution in [3.8, 4) is 0 Å². The third-order valence-electron chi connectivity index (χ3n) is 5.23. The molecule has 0 spiro atoms. The summed E-state index contributed by atoms with van der Waals surface area (Å²) in [5.41, 5.74) is 0. The van der Waals surface area contributed by atoms with Gasteiger partial charge in [-0.3, -0.25) is 14.2 Å². The fourth-order valence-electron chi connectivity index (χ4n) is 3.53. The van der Waals surface area contributed by atoms with E-state index in [1.807, 2.05) is 0 Å². The Balaban J connectivity index is 5.33. The maximum atomic E-state index is 12.1. The van der Waals surface area contributed by atoms with Gasteiger partial charge in [0.1, 0.15) is 0 Å². The molecule has 0 saturated heterocycles. The zero-order valence-corrected chi connectivity index (χ0v) is 18.8. The van der Waals surface area contributed by atoms with E-state index in [9.17, 15) is 32.8 Å². The van der Waals surface area contributed by atoms with Gasteiger partial charge in [-0.15, -0.1) is 0 Å². The quantitative estimate of drug-likeness (QED) is 0.203. The third kappa shape index (κ3) is 9.91. The van der Waals surface area contributed by atoms with E-state index in [1.165, 1.54) is 0 Å². The molecule has 0 aromatic carbocycles. The number of carboxylic acid groups (broad SMARTS) is 2. The molecule has 0 heterocycles. The number of hydrogen-bond donors (Lipinski definition) is 3. The third-order valence-corrected chi connectivity index (χ3v) is 6.66. The average Bonchev–Trinajstić information content (AvgIpc) is 2.62. The summed E-state index contributed by atoms with van der Waals surface area (Å²) in [6, 6.07) is 0. The van der Waals surface area contributed by atoms with Gasteiger partial charge in [-0.1, -0.05) is 78.1 Å². The van der Waals surface area contributed by atoms with E-state index < -0.39 is 33.3 Å². The van der Waals surface area contributed by atoms with Gasteiger partial charge >= 0.3 is 11.9 Å². The Hall–Kier alpha value is -1.19. The molecule has 0 aliphatic heterocycles. The maximum absolute atomic E-state index is 12.1. The van der Waals surface area contributed by atoms with Crippen LogP contribution in [-0.4, -0.2) is 58.0 Å². The number of hydrogen-bond acceptors (Lipinski definition) is 5. The van der Waals surface area contributed by atoms with Crippen molar-refractivity contribution in [2.45, 2.75) is 102 Å². The number of rotatable bonds is 19. The molecular weight excluding hydrogens is 398 g/mol. The van der Waals surface area contributed by atoms with Crippen LogP contribution in [0.15, 0.2) is 0 Å². The van der Waals surface area contributed by atoms with Crippen molar-refractivity contribution < 1.29 is 32.8 Å². The van der Waals surface area contributed by atoms with Crippen LogP contribution in [0.1, 0.15) is 97.3 Å². The predicted octanol–water partition coefficient (Wildman–Crippen LogP) is 4.15. The Bertz CT molecular complexity index is 563. The summed E-state index contributed by atoms with van der Waals surface area (Å²) in [6.07, 6.45) is 9.85. The first-order valence-electron chi connectivity index (χ1n) is 10.8. The lowest BCUT2D eigenvalue weighted by Gasteiger charge is -2.37. The number of aliphatic carboxylic acids is 2. The molecule has 0 aromatic heterocycles. The predicted molar refractivity (Wildman–Crippen MR) is 112 cm³/mol. The largest absolute Gasteiger partial charge is 0.481 e. The van der Waals surface area contributed by atoms with Crippen LogP contribution in [-0.2, 0) is 19.7 Å². The molecule has 9 heteroatoms. The molecule has 0 amide bonds. The molecule has 8 nitrogen and oxygen atoms in total. The summed E-state index contributed by atoms with van der Waals surface area (Å²) in [6.45, 7) is 4.42. The van der Waals surface area contributed by atoms with Crippen molar-refractivity contribution in [1.82, 2.24) is 4.90 Å². The highest BCUT2D eigenvalue weighted by molar-refractivity contribution is 7.88. The van der Waals surface area contributed by atoms with Gasteiger partial charge in [-0.2, -0.15) is 8.42 Å². The van der Waals surface area contributed by atoms with Crippen molar-refractivity contribution in [3.63, 3.8) is 0 Å². The Morgan fingerprint density at radius 2 is 1.14 bits per heavy atom. The molecule has 0 fully saturated rings. The lowest BCUT2D eigenvalue weighted by Crippen LogP contribution is -2.61. The van der Waals surface area contributed by atoms with Crippen LogP contribution in [0.3, 0.4) is 0 Å². The SMILES string of the molecule is CCCCCCCCN(CCCCCCCC)C(CC(=O)O)(C(=O)O)S(=O)(=O)O. The van der Waals surface area contributed by atoms with Crippen molar-refractivity contribution in [1.29, 1.82) is 0 Å². The molecule has 0 rings (SSSR count). The highest BCUT2D eigenvalue weighted by Crippen LogP contribution is 2.29. The average molecular weight is 438 g/mol. The highest BCUT2D eigenvalue weighted by Gasteiger charge is 2.56. The number of carboxylic acids is 2. The van der Waals surface area contributed by atoms with E-state index in [2.05, 4.69) is 13.8 Å². The smallest absolute Gasteiger partial charge is 0.343 e. The van der Waals surface area contributed by atoms with Crippen LogP contribution >= 0.6 is 0 Å². The fourth-order valence-corrected chi connectivity index (χ4v) is 4.57. The number of nitrogens with zero attached hydrogens (tertiary/aromatic N) is 1. The number of unbranched alkanes of at least 4 members (excludes halogenated alkanes) is 10. The van der Waals surface area contributed by atoms with Crippen molar-refractivity contribution >= 4 is 22.1 Å². The van der Waals surface area contributed by atoms with Gasteiger partial charge in [0.2, 0.25) is 0 Å². The summed E-state index contributed by atoms with van der Waals surface area (Å²) < 4.78 is 33.9. The molecular formula is C20H39NO7S. The van der Waals surface area contributed by atoms with Crippen LogP contribution < -0.4 is 0 Å². The zero-order chi connectivity index (χ0) is 22.3. The van der Waals surface area contributed by atoms with Gasteiger partial charge in [-0.05, 0) is 12.8 Å². The molecule has 0 radical (unpaired) electrons. The fraction of sp³-hybridized carbons (Fsp3) is 0.900. The van der Waals surface area contributed by atoms with E-state index in [0.717, 1.165) is 69.1 Å². The second-order valence-electron chi connectivity index (χ2n) is 7.66. The van der Waals surface area contributed by atoms with Gasteiger partial charge in [0.05, 0.1) is 6.42 Å².